The van der Waals surface area contributed by atoms with Crippen molar-refractivity contribution < 1.29 is 9.90 Å². The van der Waals surface area contributed by atoms with Gasteiger partial charge in [0.1, 0.15) is 0 Å². The summed E-state index contributed by atoms with van der Waals surface area (Å²) in [5, 5.41) is 13.6. The number of amides is 1. The van der Waals surface area contributed by atoms with Gasteiger partial charge in [-0.1, -0.05) is 24.3 Å². The van der Waals surface area contributed by atoms with Crippen molar-refractivity contribution >= 4 is 39.8 Å². The lowest BCUT2D eigenvalue weighted by Gasteiger charge is -2.04. The summed E-state index contributed by atoms with van der Waals surface area (Å²) in [6.45, 7) is 0.539. The fourth-order valence-electron chi connectivity index (χ4n) is 1.48. The molecule has 0 unspecified atom stereocenters. The second kappa shape index (κ2) is 6.31. The molecule has 0 aliphatic carbocycles. The molecule has 94 valence electrons. The SMILES string of the molecule is O=C(NCc1ccc(CO)cc1)c1csc(I)c1. The Morgan fingerprint density at radius 2 is 1.94 bits per heavy atom. The lowest BCUT2D eigenvalue weighted by atomic mass is 10.1. The number of aliphatic hydroxyl groups is 1. The Bertz CT molecular complexity index is 536. The van der Waals surface area contributed by atoms with Gasteiger partial charge in [0.05, 0.1) is 15.1 Å². The number of nitrogens with one attached hydrogen (secondary N) is 1. The molecule has 0 spiro atoms. The van der Waals surface area contributed by atoms with Crippen molar-refractivity contribution in [1.29, 1.82) is 0 Å². The largest absolute Gasteiger partial charge is 0.392 e. The quantitative estimate of drug-likeness (QED) is 0.810. The average Bonchev–Trinajstić information content (AvgIpc) is 2.83. The van der Waals surface area contributed by atoms with Gasteiger partial charge < -0.3 is 10.4 Å². The molecule has 18 heavy (non-hydrogen) atoms. The van der Waals surface area contributed by atoms with Crippen molar-refractivity contribution in [2.45, 2.75) is 13.2 Å². The van der Waals surface area contributed by atoms with Crippen LogP contribution in [0, 0.1) is 2.88 Å². The molecular formula is C13H12INO2S. The zero-order valence-electron chi connectivity index (χ0n) is 9.52. The van der Waals surface area contributed by atoms with Gasteiger partial charge in [-0.25, -0.2) is 0 Å². The van der Waals surface area contributed by atoms with Gasteiger partial charge >= 0.3 is 0 Å². The number of hydrogen-bond acceptors (Lipinski definition) is 3. The number of thiophene rings is 1. The summed E-state index contributed by atoms with van der Waals surface area (Å²) >= 11 is 3.75. The second-order valence-corrected chi connectivity index (χ2v) is 6.60. The number of rotatable bonds is 4. The molecular weight excluding hydrogens is 361 g/mol. The Morgan fingerprint density at radius 3 is 2.50 bits per heavy atom. The molecule has 1 heterocycles. The van der Waals surface area contributed by atoms with E-state index in [1.165, 1.54) is 0 Å². The molecule has 0 radical (unpaired) electrons. The molecule has 5 heteroatoms. The molecule has 2 aromatic rings. The summed E-state index contributed by atoms with van der Waals surface area (Å²) in [4.78, 5) is 11.8. The summed E-state index contributed by atoms with van der Waals surface area (Å²) < 4.78 is 1.10. The third kappa shape index (κ3) is 3.54. The second-order valence-electron chi connectivity index (χ2n) is 3.80. The molecule has 0 aliphatic rings. The van der Waals surface area contributed by atoms with Crippen LogP contribution in [0.15, 0.2) is 35.7 Å². The number of halogens is 1. The van der Waals surface area contributed by atoms with Gasteiger partial charge in [-0.15, -0.1) is 11.3 Å². The van der Waals surface area contributed by atoms with Crippen LogP contribution >= 0.6 is 33.9 Å². The maximum Gasteiger partial charge on any atom is 0.252 e. The maximum atomic E-state index is 11.8. The van der Waals surface area contributed by atoms with Crippen LogP contribution < -0.4 is 5.32 Å². The maximum absolute atomic E-state index is 11.8. The number of aliphatic hydroxyl groups excluding tert-OH is 1. The molecule has 0 atom stereocenters. The van der Waals surface area contributed by atoms with Crippen LogP contribution in [0.2, 0.25) is 0 Å². The Morgan fingerprint density at radius 1 is 1.28 bits per heavy atom. The zero-order chi connectivity index (χ0) is 13.0. The molecule has 0 aliphatic heterocycles. The highest BCUT2D eigenvalue weighted by Crippen LogP contribution is 2.16. The summed E-state index contributed by atoms with van der Waals surface area (Å²) in [6, 6.07) is 9.39. The highest BCUT2D eigenvalue weighted by atomic mass is 127. The highest BCUT2D eigenvalue weighted by Gasteiger charge is 2.07. The van der Waals surface area contributed by atoms with Crippen molar-refractivity contribution in [2.24, 2.45) is 0 Å². The minimum absolute atomic E-state index is 0.0416. The number of carbonyl (C=O) groups excluding carboxylic acids is 1. The number of benzene rings is 1. The molecule has 1 aromatic carbocycles. The molecule has 2 N–H and O–H groups in total. The topological polar surface area (TPSA) is 49.3 Å². The predicted octanol–water partition coefficient (Wildman–Crippen LogP) is 2.78. The zero-order valence-corrected chi connectivity index (χ0v) is 12.5. The van der Waals surface area contributed by atoms with Crippen molar-refractivity contribution in [2.75, 3.05) is 0 Å². The lowest BCUT2D eigenvalue weighted by molar-refractivity contribution is 0.0951. The summed E-state index contributed by atoms with van der Waals surface area (Å²) in [7, 11) is 0. The Hall–Kier alpha value is -0.920. The van der Waals surface area contributed by atoms with E-state index in [1.807, 2.05) is 35.7 Å². The average molecular weight is 373 g/mol. The van der Waals surface area contributed by atoms with E-state index in [1.54, 1.807) is 11.3 Å². The number of carbonyl (C=O) groups is 1. The number of hydrogen-bond donors (Lipinski definition) is 2. The predicted molar refractivity (Wildman–Crippen MR) is 80.6 cm³/mol. The molecule has 1 aromatic heterocycles. The van der Waals surface area contributed by atoms with E-state index >= 15 is 0 Å². The van der Waals surface area contributed by atoms with E-state index in [0.29, 0.717) is 12.1 Å². The molecule has 2 rings (SSSR count). The van der Waals surface area contributed by atoms with Gasteiger partial charge in [-0.05, 0) is 39.8 Å². The minimum atomic E-state index is -0.0552. The highest BCUT2D eigenvalue weighted by molar-refractivity contribution is 14.1. The van der Waals surface area contributed by atoms with Crippen molar-refractivity contribution in [1.82, 2.24) is 5.32 Å². The van der Waals surface area contributed by atoms with Gasteiger partial charge in [0.15, 0.2) is 0 Å². The van der Waals surface area contributed by atoms with Gasteiger partial charge in [-0.2, -0.15) is 0 Å². The van der Waals surface area contributed by atoms with E-state index in [-0.39, 0.29) is 12.5 Å². The molecule has 3 nitrogen and oxygen atoms in total. The molecule has 1 amide bonds. The van der Waals surface area contributed by atoms with E-state index in [0.717, 1.165) is 14.0 Å². The first-order valence-corrected chi connectivity index (χ1v) is 7.36. The normalized spacial score (nSPS) is 10.3. The van der Waals surface area contributed by atoms with E-state index in [9.17, 15) is 4.79 Å². The Balaban J connectivity index is 1.92. The first kappa shape index (κ1) is 13.5. The smallest absolute Gasteiger partial charge is 0.252 e. The van der Waals surface area contributed by atoms with Crippen LogP contribution in [-0.4, -0.2) is 11.0 Å². The lowest BCUT2D eigenvalue weighted by Crippen LogP contribution is -2.22. The van der Waals surface area contributed by atoms with Crippen LogP contribution in [0.1, 0.15) is 21.5 Å². The first-order valence-electron chi connectivity index (χ1n) is 5.40. The van der Waals surface area contributed by atoms with Gasteiger partial charge in [-0.3, -0.25) is 4.79 Å². The van der Waals surface area contributed by atoms with Gasteiger partial charge in [0.25, 0.3) is 5.91 Å². The third-order valence-corrected chi connectivity index (χ3v) is 4.28. The Kier molecular flexibility index (Phi) is 4.73. The third-order valence-electron chi connectivity index (χ3n) is 2.49. The van der Waals surface area contributed by atoms with Crippen molar-refractivity contribution in [3.63, 3.8) is 0 Å². The van der Waals surface area contributed by atoms with Crippen LogP contribution in [0.25, 0.3) is 0 Å². The summed E-state index contributed by atoms with van der Waals surface area (Å²) in [5.41, 5.74) is 2.60. The fourth-order valence-corrected chi connectivity index (χ4v) is 2.80. The summed E-state index contributed by atoms with van der Waals surface area (Å²) in [6.07, 6.45) is 0. The van der Waals surface area contributed by atoms with E-state index in [2.05, 4.69) is 27.9 Å². The molecule has 0 saturated heterocycles. The molecule has 0 bridgehead atoms. The van der Waals surface area contributed by atoms with Crippen LogP contribution in [0.5, 0.6) is 0 Å². The standard InChI is InChI=1S/C13H12INO2S/c14-12-5-11(8-18-12)13(17)15-6-9-1-3-10(7-16)4-2-9/h1-5,8,16H,6-7H2,(H,15,17). The van der Waals surface area contributed by atoms with Crippen LogP contribution in [0.3, 0.4) is 0 Å². The van der Waals surface area contributed by atoms with Crippen molar-refractivity contribution in [3.05, 3.63) is 55.3 Å². The van der Waals surface area contributed by atoms with Gasteiger partial charge in [0.2, 0.25) is 0 Å². The molecule has 0 fully saturated rings. The van der Waals surface area contributed by atoms with Crippen LogP contribution in [-0.2, 0) is 13.2 Å². The van der Waals surface area contributed by atoms with E-state index < -0.39 is 0 Å². The summed E-state index contributed by atoms with van der Waals surface area (Å²) in [5.74, 6) is -0.0552. The van der Waals surface area contributed by atoms with E-state index in [4.69, 9.17) is 5.11 Å². The van der Waals surface area contributed by atoms with Crippen molar-refractivity contribution in [3.8, 4) is 0 Å². The monoisotopic (exact) mass is 373 g/mol. The molecule has 0 saturated carbocycles. The minimum Gasteiger partial charge on any atom is -0.392 e. The fraction of sp³-hybridized carbons (Fsp3) is 0.154. The van der Waals surface area contributed by atoms with Crippen LogP contribution in [0.4, 0.5) is 0 Å². The Labute approximate surface area is 123 Å². The van der Waals surface area contributed by atoms with Gasteiger partial charge in [0, 0.05) is 11.9 Å². The first-order chi connectivity index (χ1) is 8.69.